The highest BCUT2D eigenvalue weighted by molar-refractivity contribution is 6.00. The number of halogens is 2. The minimum Gasteiger partial charge on any atom is -0.395 e. The van der Waals surface area contributed by atoms with Gasteiger partial charge < -0.3 is 19.5 Å². The van der Waals surface area contributed by atoms with Crippen molar-refractivity contribution in [3.8, 4) is 11.5 Å². The number of aliphatic hydroxyl groups is 1. The van der Waals surface area contributed by atoms with E-state index >= 15 is 0 Å². The van der Waals surface area contributed by atoms with Crippen LogP contribution in [0, 0.1) is 5.41 Å². The predicted octanol–water partition coefficient (Wildman–Crippen LogP) is 3.45. The lowest BCUT2D eigenvalue weighted by molar-refractivity contribution is -0.286. The molecule has 136 valence electrons. The molecule has 2 fully saturated rings. The standard InChI is InChI=1S/C18H21F2NO4/c1-2-17(23)7-5-16(6-8-17)9-10-21(15(16)22)12-3-4-13-14(11-12)25-18(19,20)24-13/h3-4,11,23H,2,5-10H2,1H3/t16-,17+. The molecule has 25 heavy (non-hydrogen) atoms. The number of carbonyl (C=O) groups excluding carboxylic acids is 1. The molecule has 3 aliphatic rings. The molecule has 1 saturated heterocycles. The average Bonchev–Trinajstić information content (AvgIpc) is 3.06. The minimum absolute atomic E-state index is 0.0104. The van der Waals surface area contributed by atoms with Crippen molar-refractivity contribution in [3.63, 3.8) is 0 Å². The molecule has 2 aliphatic heterocycles. The zero-order valence-corrected chi connectivity index (χ0v) is 14.1. The van der Waals surface area contributed by atoms with Crippen LogP contribution < -0.4 is 14.4 Å². The molecule has 2 heterocycles. The van der Waals surface area contributed by atoms with Gasteiger partial charge in [0.1, 0.15) is 0 Å². The summed E-state index contributed by atoms with van der Waals surface area (Å²) in [5.74, 6) is -0.0719. The SMILES string of the molecule is CC[C@]1(O)CC[C@]2(CCN(c3ccc4c(c3)OC(F)(F)O4)C2=O)CC1. The van der Waals surface area contributed by atoms with E-state index in [-0.39, 0.29) is 17.4 Å². The Hall–Kier alpha value is -1.89. The van der Waals surface area contributed by atoms with Crippen LogP contribution in [0.15, 0.2) is 18.2 Å². The summed E-state index contributed by atoms with van der Waals surface area (Å²) < 4.78 is 35.2. The number of hydrogen-bond acceptors (Lipinski definition) is 4. The average molecular weight is 353 g/mol. The highest BCUT2D eigenvalue weighted by Gasteiger charge is 2.51. The van der Waals surface area contributed by atoms with Crippen LogP contribution in [0.2, 0.25) is 0 Å². The summed E-state index contributed by atoms with van der Waals surface area (Å²) in [4.78, 5) is 14.7. The van der Waals surface area contributed by atoms with Crippen molar-refractivity contribution >= 4 is 11.6 Å². The molecule has 4 rings (SSSR count). The van der Waals surface area contributed by atoms with E-state index in [9.17, 15) is 18.7 Å². The van der Waals surface area contributed by atoms with Gasteiger partial charge in [0.2, 0.25) is 5.91 Å². The molecule has 7 heteroatoms. The smallest absolute Gasteiger partial charge is 0.395 e. The predicted molar refractivity (Wildman–Crippen MR) is 85.8 cm³/mol. The first-order chi connectivity index (χ1) is 11.8. The topological polar surface area (TPSA) is 59.0 Å². The fraction of sp³-hybridized carbons (Fsp3) is 0.611. The first-order valence-corrected chi connectivity index (χ1v) is 8.70. The van der Waals surface area contributed by atoms with Crippen molar-refractivity contribution in [2.75, 3.05) is 11.4 Å². The highest BCUT2D eigenvalue weighted by atomic mass is 19.3. The third kappa shape index (κ3) is 2.65. The maximum Gasteiger partial charge on any atom is 0.586 e. The van der Waals surface area contributed by atoms with Gasteiger partial charge in [0.25, 0.3) is 0 Å². The number of fused-ring (bicyclic) bond motifs is 1. The zero-order valence-electron chi connectivity index (χ0n) is 14.1. The van der Waals surface area contributed by atoms with Crippen molar-refractivity contribution < 1.29 is 28.2 Å². The van der Waals surface area contributed by atoms with E-state index in [4.69, 9.17) is 0 Å². The van der Waals surface area contributed by atoms with Gasteiger partial charge in [-0.15, -0.1) is 8.78 Å². The molecule has 5 nitrogen and oxygen atoms in total. The molecule has 0 bridgehead atoms. The highest BCUT2D eigenvalue weighted by Crippen LogP contribution is 2.50. The fourth-order valence-electron chi connectivity index (χ4n) is 4.18. The van der Waals surface area contributed by atoms with E-state index < -0.39 is 17.3 Å². The number of alkyl halides is 2. The largest absolute Gasteiger partial charge is 0.586 e. The van der Waals surface area contributed by atoms with Crippen LogP contribution in [0.3, 0.4) is 0 Å². The van der Waals surface area contributed by atoms with Crippen molar-refractivity contribution in [2.45, 2.75) is 57.3 Å². The number of hydrogen-bond donors (Lipinski definition) is 1. The second kappa shape index (κ2) is 5.30. The van der Waals surface area contributed by atoms with Crippen LogP contribution in [-0.4, -0.2) is 29.5 Å². The minimum atomic E-state index is -3.66. The Morgan fingerprint density at radius 3 is 2.48 bits per heavy atom. The van der Waals surface area contributed by atoms with Gasteiger partial charge >= 0.3 is 6.29 Å². The Labute approximate surface area is 144 Å². The summed E-state index contributed by atoms with van der Waals surface area (Å²) in [7, 11) is 0. The molecule has 1 saturated carbocycles. The molecule has 1 aromatic rings. The Kier molecular flexibility index (Phi) is 3.51. The molecular weight excluding hydrogens is 332 g/mol. The fourth-order valence-corrected chi connectivity index (χ4v) is 4.18. The Morgan fingerprint density at radius 2 is 1.80 bits per heavy atom. The summed E-state index contributed by atoms with van der Waals surface area (Å²) in [6.07, 6.45) is 0.316. The molecule has 1 aliphatic carbocycles. The van der Waals surface area contributed by atoms with Gasteiger partial charge in [-0.3, -0.25) is 4.79 Å². The number of rotatable bonds is 2. The van der Waals surface area contributed by atoms with Crippen LogP contribution >= 0.6 is 0 Å². The van der Waals surface area contributed by atoms with Gasteiger partial charge in [0.05, 0.1) is 11.0 Å². The van der Waals surface area contributed by atoms with E-state index in [2.05, 4.69) is 9.47 Å². The number of ether oxygens (including phenoxy) is 2. The van der Waals surface area contributed by atoms with Crippen LogP contribution in [0.5, 0.6) is 11.5 Å². The van der Waals surface area contributed by atoms with Gasteiger partial charge in [-0.1, -0.05) is 6.92 Å². The molecule has 1 N–H and O–H groups in total. The van der Waals surface area contributed by atoms with E-state index in [1.807, 2.05) is 6.92 Å². The van der Waals surface area contributed by atoms with Crippen molar-refractivity contribution in [2.24, 2.45) is 5.41 Å². The van der Waals surface area contributed by atoms with Gasteiger partial charge in [0, 0.05) is 18.3 Å². The molecule has 1 spiro atoms. The van der Waals surface area contributed by atoms with Gasteiger partial charge in [-0.2, -0.15) is 0 Å². The lowest BCUT2D eigenvalue weighted by Crippen LogP contribution is -2.43. The van der Waals surface area contributed by atoms with Crippen LogP contribution in [0.1, 0.15) is 45.4 Å². The maximum absolute atomic E-state index is 13.2. The number of amides is 1. The van der Waals surface area contributed by atoms with Gasteiger partial charge in [-0.25, -0.2) is 0 Å². The molecule has 0 radical (unpaired) electrons. The van der Waals surface area contributed by atoms with E-state index in [0.717, 1.165) is 6.42 Å². The number of benzene rings is 1. The van der Waals surface area contributed by atoms with Crippen molar-refractivity contribution in [3.05, 3.63) is 18.2 Å². The quantitative estimate of drug-likeness (QED) is 0.885. The normalized spacial score (nSPS) is 33.3. The molecule has 1 amide bonds. The maximum atomic E-state index is 13.2. The molecule has 0 atom stereocenters. The second-order valence-electron chi connectivity index (χ2n) is 7.36. The third-order valence-corrected chi connectivity index (χ3v) is 6.01. The van der Waals surface area contributed by atoms with Crippen molar-refractivity contribution in [1.29, 1.82) is 0 Å². The number of nitrogens with zero attached hydrogens (tertiary/aromatic N) is 1. The lowest BCUT2D eigenvalue weighted by atomic mass is 9.67. The first-order valence-electron chi connectivity index (χ1n) is 8.70. The van der Waals surface area contributed by atoms with E-state index in [1.54, 1.807) is 11.0 Å². The van der Waals surface area contributed by atoms with Crippen LogP contribution in [-0.2, 0) is 4.79 Å². The van der Waals surface area contributed by atoms with Gasteiger partial charge in [-0.05, 0) is 50.7 Å². The number of carbonyl (C=O) groups is 1. The van der Waals surface area contributed by atoms with Crippen LogP contribution in [0.4, 0.5) is 14.5 Å². The van der Waals surface area contributed by atoms with Gasteiger partial charge in [0.15, 0.2) is 11.5 Å². The molecular formula is C18H21F2NO4. The third-order valence-electron chi connectivity index (χ3n) is 6.01. The monoisotopic (exact) mass is 353 g/mol. The lowest BCUT2D eigenvalue weighted by Gasteiger charge is -2.40. The summed E-state index contributed by atoms with van der Waals surface area (Å²) in [5.41, 5.74) is -0.566. The first kappa shape index (κ1) is 16.6. The molecule has 0 unspecified atom stereocenters. The van der Waals surface area contributed by atoms with Crippen molar-refractivity contribution in [1.82, 2.24) is 0 Å². The van der Waals surface area contributed by atoms with Crippen LogP contribution in [0.25, 0.3) is 0 Å². The Bertz CT molecular complexity index is 713. The summed E-state index contributed by atoms with van der Waals surface area (Å²) >= 11 is 0. The Morgan fingerprint density at radius 1 is 1.12 bits per heavy atom. The number of anilines is 1. The summed E-state index contributed by atoms with van der Waals surface area (Å²) in [6, 6.07) is 4.44. The van der Waals surface area contributed by atoms with E-state index in [1.165, 1.54) is 12.1 Å². The Balaban J connectivity index is 1.54. The molecule has 1 aromatic carbocycles. The van der Waals surface area contributed by atoms with E-state index in [0.29, 0.717) is 44.3 Å². The molecule has 0 aromatic heterocycles. The summed E-state index contributed by atoms with van der Waals surface area (Å²) in [6.45, 7) is 2.50. The second-order valence-corrected chi connectivity index (χ2v) is 7.36. The summed E-state index contributed by atoms with van der Waals surface area (Å²) in [5, 5.41) is 10.4. The zero-order chi connectivity index (χ0) is 17.9.